The third-order valence-corrected chi connectivity index (χ3v) is 3.47. The van der Waals surface area contributed by atoms with Crippen molar-refractivity contribution in [2.24, 2.45) is 0 Å². The molecule has 2 heterocycles. The highest BCUT2D eigenvalue weighted by molar-refractivity contribution is 5.91. The van der Waals surface area contributed by atoms with E-state index in [2.05, 4.69) is 10.3 Å². The lowest BCUT2D eigenvalue weighted by atomic mass is 10.1. The van der Waals surface area contributed by atoms with Gasteiger partial charge in [0.25, 0.3) is 0 Å². The molecule has 98 valence electrons. The maximum absolute atomic E-state index is 10.9. The van der Waals surface area contributed by atoms with Gasteiger partial charge in [0.2, 0.25) is 0 Å². The minimum atomic E-state index is -0.844. The summed E-state index contributed by atoms with van der Waals surface area (Å²) in [4.78, 5) is 16.7. The number of anilines is 1. The number of rotatable bonds is 2. The van der Waals surface area contributed by atoms with Crippen molar-refractivity contribution in [2.75, 3.05) is 18.4 Å². The van der Waals surface area contributed by atoms with Gasteiger partial charge in [-0.1, -0.05) is 18.2 Å². The van der Waals surface area contributed by atoms with Gasteiger partial charge in [0.1, 0.15) is 0 Å². The third-order valence-electron chi connectivity index (χ3n) is 3.47. The van der Waals surface area contributed by atoms with Crippen LogP contribution >= 0.6 is 0 Å². The fraction of sp³-hybridized carbons (Fsp3) is 0.286. The predicted octanol–water partition coefficient (Wildman–Crippen LogP) is 2.40. The minimum Gasteiger partial charge on any atom is -0.465 e. The van der Waals surface area contributed by atoms with Crippen LogP contribution in [0.5, 0.6) is 0 Å². The van der Waals surface area contributed by atoms with Crippen LogP contribution in [0.4, 0.5) is 10.5 Å². The molecule has 5 nitrogen and oxygen atoms in total. The van der Waals surface area contributed by atoms with Crippen molar-refractivity contribution in [1.29, 1.82) is 0 Å². The van der Waals surface area contributed by atoms with Crippen LogP contribution in [0.15, 0.2) is 36.5 Å². The lowest BCUT2D eigenvalue weighted by molar-refractivity contribution is 0.155. The third kappa shape index (κ3) is 2.31. The Morgan fingerprint density at radius 1 is 1.37 bits per heavy atom. The van der Waals surface area contributed by atoms with Crippen LogP contribution in [-0.4, -0.2) is 40.2 Å². The van der Waals surface area contributed by atoms with Crippen molar-refractivity contribution in [3.63, 3.8) is 0 Å². The Hall–Kier alpha value is -2.30. The summed E-state index contributed by atoms with van der Waals surface area (Å²) >= 11 is 0. The Labute approximate surface area is 110 Å². The highest BCUT2D eigenvalue weighted by atomic mass is 16.4. The van der Waals surface area contributed by atoms with Crippen LogP contribution in [0.2, 0.25) is 0 Å². The summed E-state index contributed by atoms with van der Waals surface area (Å²) in [6.07, 6.45) is 1.77. The zero-order valence-corrected chi connectivity index (χ0v) is 10.4. The number of nitrogens with zero attached hydrogens (tertiary/aromatic N) is 2. The fourth-order valence-corrected chi connectivity index (χ4v) is 2.49. The first kappa shape index (κ1) is 11.8. The molecule has 3 rings (SSSR count). The molecule has 0 spiro atoms. The number of nitrogens with one attached hydrogen (secondary N) is 1. The number of benzene rings is 1. The highest BCUT2D eigenvalue weighted by Crippen LogP contribution is 2.23. The molecular formula is C14H15N3O2. The van der Waals surface area contributed by atoms with Crippen LogP contribution in [0.1, 0.15) is 6.42 Å². The van der Waals surface area contributed by atoms with Gasteiger partial charge in [-0.3, -0.25) is 4.98 Å². The van der Waals surface area contributed by atoms with E-state index >= 15 is 0 Å². The lowest BCUT2D eigenvalue weighted by Crippen LogP contribution is -2.30. The number of carbonyl (C=O) groups is 1. The molecule has 1 saturated heterocycles. The number of amides is 1. The van der Waals surface area contributed by atoms with Gasteiger partial charge in [0.15, 0.2) is 0 Å². The Kier molecular flexibility index (Phi) is 2.95. The first-order valence-electron chi connectivity index (χ1n) is 6.32. The molecule has 1 aromatic carbocycles. The van der Waals surface area contributed by atoms with Crippen molar-refractivity contribution in [3.05, 3.63) is 36.5 Å². The van der Waals surface area contributed by atoms with Crippen molar-refractivity contribution in [1.82, 2.24) is 9.88 Å². The Morgan fingerprint density at radius 3 is 3.00 bits per heavy atom. The molecule has 1 aromatic heterocycles. The number of hydrogen-bond acceptors (Lipinski definition) is 3. The molecule has 1 aliphatic rings. The van der Waals surface area contributed by atoms with E-state index < -0.39 is 6.09 Å². The standard InChI is InChI=1S/C14H15N3O2/c18-14(19)17-8-6-10(9-17)16-13-5-7-15-12-4-2-1-3-11(12)13/h1-5,7,10H,6,8-9H2,(H,15,16)(H,18,19)/t10-/m0/s1. The summed E-state index contributed by atoms with van der Waals surface area (Å²) < 4.78 is 0. The molecule has 1 atom stereocenters. The summed E-state index contributed by atoms with van der Waals surface area (Å²) in [5, 5.41) is 13.4. The highest BCUT2D eigenvalue weighted by Gasteiger charge is 2.25. The maximum atomic E-state index is 10.9. The number of hydrogen-bond donors (Lipinski definition) is 2. The van der Waals surface area contributed by atoms with Crippen molar-refractivity contribution >= 4 is 22.7 Å². The van der Waals surface area contributed by atoms with E-state index in [0.29, 0.717) is 13.1 Å². The average Bonchev–Trinajstić information content (AvgIpc) is 2.88. The van der Waals surface area contributed by atoms with E-state index in [-0.39, 0.29) is 6.04 Å². The molecule has 2 N–H and O–H groups in total. The van der Waals surface area contributed by atoms with Crippen LogP contribution in [0, 0.1) is 0 Å². The smallest absolute Gasteiger partial charge is 0.407 e. The number of aromatic nitrogens is 1. The van der Waals surface area contributed by atoms with Gasteiger partial charge >= 0.3 is 6.09 Å². The first-order chi connectivity index (χ1) is 9.24. The summed E-state index contributed by atoms with van der Waals surface area (Å²) in [5.41, 5.74) is 1.96. The molecule has 2 aromatic rings. The topological polar surface area (TPSA) is 65.5 Å². The number of likely N-dealkylation sites (tertiary alicyclic amines) is 1. The number of fused-ring (bicyclic) bond motifs is 1. The number of pyridine rings is 1. The zero-order valence-electron chi connectivity index (χ0n) is 10.4. The van der Waals surface area contributed by atoms with Crippen LogP contribution in [-0.2, 0) is 0 Å². The van der Waals surface area contributed by atoms with E-state index in [1.54, 1.807) is 6.20 Å². The van der Waals surface area contributed by atoms with Gasteiger partial charge in [-0.25, -0.2) is 4.79 Å². The second-order valence-electron chi connectivity index (χ2n) is 4.73. The van der Waals surface area contributed by atoms with Gasteiger partial charge in [-0.15, -0.1) is 0 Å². The monoisotopic (exact) mass is 257 g/mol. The molecule has 0 aliphatic carbocycles. The number of carboxylic acid groups (broad SMARTS) is 1. The molecule has 0 saturated carbocycles. The summed E-state index contributed by atoms with van der Waals surface area (Å²) in [6, 6.07) is 10.0. The Bertz CT molecular complexity index is 609. The molecule has 1 amide bonds. The molecule has 19 heavy (non-hydrogen) atoms. The Balaban J connectivity index is 1.81. The normalized spacial score (nSPS) is 18.7. The van der Waals surface area contributed by atoms with Gasteiger partial charge in [-0.2, -0.15) is 0 Å². The Morgan fingerprint density at radius 2 is 2.21 bits per heavy atom. The molecule has 1 fully saturated rings. The van der Waals surface area contributed by atoms with E-state index in [9.17, 15) is 4.79 Å². The molecule has 0 unspecified atom stereocenters. The summed E-state index contributed by atoms with van der Waals surface area (Å²) in [5.74, 6) is 0. The maximum Gasteiger partial charge on any atom is 0.407 e. The molecule has 0 radical (unpaired) electrons. The van der Waals surface area contributed by atoms with Crippen LogP contribution in [0.3, 0.4) is 0 Å². The van der Waals surface area contributed by atoms with E-state index in [0.717, 1.165) is 23.0 Å². The van der Waals surface area contributed by atoms with E-state index in [1.165, 1.54) is 4.90 Å². The molecular weight excluding hydrogens is 242 g/mol. The first-order valence-corrected chi connectivity index (χ1v) is 6.32. The largest absolute Gasteiger partial charge is 0.465 e. The van der Waals surface area contributed by atoms with Crippen molar-refractivity contribution < 1.29 is 9.90 Å². The zero-order chi connectivity index (χ0) is 13.2. The van der Waals surface area contributed by atoms with Gasteiger partial charge < -0.3 is 15.3 Å². The average molecular weight is 257 g/mol. The summed E-state index contributed by atoms with van der Waals surface area (Å²) in [7, 11) is 0. The SMILES string of the molecule is O=C(O)N1CC[C@H](Nc2ccnc3ccccc23)C1. The summed E-state index contributed by atoms with van der Waals surface area (Å²) in [6.45, 7) is 1.13. The van der Waals surface area contributed by atoms with E-state index in [4.69, 9.17) is 5.11 Å². The molecule has 5 heteroatoms. The minimum absolute atomic E-state index is 0.168. The predicted molar refractivity (Wildman–Crippen MR) is 73.4 cm³/mol. The van der Waals surface area contributed by atoms with Crippen molar-refractivity contribution in [2.45, 2.75) is 12.5 Å². The van der Waals surface area contributed by atoms with Gasteiger partial charge in [0.05, 0.1) is 5.52 Å². The fourth-order valence-electron chi connectivity index (χ4n) is 2.49. The molecule has 0 bridgehead atoms. The van der Waals surface area contributed by atoms with Crippen molar-refractivity contribution in [3.8, 4) is 0 Å². The van der Waals surface area contributed by atoms with Gasteiger partial charge in [-0.05, 0) is 18.6 Å². The van der Waals surface area contributed by atoms with E-state index in [1.807, 2.05) is 30.3 Å². The quantitative estimate of drug-likeness (QED) is 0.867. The molecule has 1 aliphatic heterocycles. The second kappa shape index (κ2) is 4.76. The van der Waals surface area contributed by atoms with Crippen LogP contribution in [0.25, 0.3) is 10.9 Å². The van der Waals surface area contributed by atoms with Crippen LogP contribution < -0.4 is 5.32 Å². The van der Waals surface area contributed by atoms with Gasteiger partial charge in [0, 0.05) is 36.4 Å². The second-order valence-corrected chi connectivity index (χ2v) is 4.73. The lowest BCUT2D eigenvalue weighted by Gasteiger charge is -2.16. The number of para-hydroxylation sites is 1.